The quantitative estimate of drug-likeness (QED) is 0.504. The van der Waals surface area contributed by atoms with E-state index in [2.05, 4.69) is 20.7 Å². The molecular weight excluding hydrogens is 326 g/mol. The predicted molar refractivity (Wildman–Crippen MR) is 84.7 cm³/mol. The van der Waals surface area contributed by atoms with Crippen molar-refractivity contribution in [2.24, 2.45) is 0 Å². The third-order valence-corrected chi connectivity index (χ3v) is 2.91. The highest BCUT2D eigenvalue weighted by atomic mass is 35.5. The second kappa shape index (κ2) is 9.65. The number of amides is 3. The van der Waals surface area contributed by atoms with Gasteiger partial charge in [0.25, 0.3) is 0 Å². The van der Waals surface area contributed by atoms with E-state index in [0.29, 0.717) is 17.3 Å². The lowest BCUT2D eigenvalue weighted by molar-refractivity contribution is -0.118. The Labute approximate surface area is 138 Å². The predicted octanol–water partition coefficient (Wildman–Crippen LogP) is 1.01. The molecule has 0 aliphatic carbocycles. The molecule has 3 N–H and O–H groups in total. The van der Waals surface area contributed by atoms with E-state index >= 15 is 0 Å². The van der Waals surface area contributed by atoms with E-state index in [4.69, 9.17) is 16.3 Å². The van der Waals surface area contributed by atoms with Crippen LogP contribution in [0.2, 0.25) is 5.02 Å². The number of halogens is 1. The molecule has 0 bridgehead atoms. The van der Waals surface area contributed by atoms with Gasteiger partial charge in [-0.15, -0.1) is 0 Å². The number of benzene rings is 1. The molecule has 126 valence electrons. The molecule has 0 unspecified atom stereocenters. The maximum absolute atomic E-state index is 11.7. The minimum Gasteiger partial charge on any atom is -0.465 e. The molecule has 0 fully saturated rings. The fraction of sp³-hybridized carbons (Fsp3) is 0.357. The van der Waals surface area contributed by atoms with Crippen LogP contribution in [-0.4, -0.2) is 51.8 Å². The second-order valence-corrected chi connectivity index (χ2v) is 4.77. The van der Waals surface area contributed by atoms with E-state index in [1.807, 2.05) is 0 Å². The van der Waals surface area contributed by atoms with Crippen molar-refractivity contribution in [3.8, 4) is 0 Å². The minimum atomic E-state index is -0.627. The molecular formula is C14H18ClN3O5. The number of esters is 1. The maximum atomic E-state index is 11.7. The molecule has 0 spiro atoms. The Kier molecular flexibility index (Phi) is 7.86. The zero-order valence-corrected chi connectivity index (χ0v) is 13.5. The Morgan fingerprint density at radius 1 is 1.22 bits per heavy atom. The van der Waals surface area contributed by atoms with E-state index in [-0.39, 0.29) is 18.7 Å². The molecule has 23 heavy (non-hydrogen) atoms. The monoisotopic (exact) mass is 343 g/mol. The lowest BCUT2D eigenvalue weighted by Gasteiger charge is -2.11. The Morgan fingerprint density at radius 3 is 2.61 bits per heavy atom. The van der Waals surface area contributed by atoms with Gasteiger partial charge < -0.3 is 20.1 Å². The van der Waals surface area contributed by atoms with Crippen LogP contribution in [0.5, 0.6) is 0 Å². The van der Waals surface area contributed by atoms with Gasteiger partial charge in [-0.3, -0.25) is 10.1 Å². The SMILES string of the molecule is COCCNC(=O)NC(=O)CNc1ccc(Cl)cc1C(=O)OC. The van der Waals surface area contributed by atoms with E-state index in [1.165, 1.54) is 20.3 Å². The summed E-state index contributed by atoms with van der Waals surface area (Å²) in [6.45, 7) is 0.420. The van der Waals surface area contributed by atoms with Gasteiger partial charge >= 0.3 is 12.0 Å². The Bertz CT molecular complexity index is 580. The smallest absolute Gasteiger partial charge is 0.340 e. The first kappa shape index (κ1) is 18.7. The number of nitrogens with one attached hydrogen (secondary N) is 3. The average molecular weight is 344 g/mol. The summed E-state index contributed by atoms with van der Waals surface area (Å²) in [5.41, 5.74) is 0.563. The molecule has 0 saturated heterocycles. The fourth-order valence-corrected chi connectivity index (χ4v) is 1.78. The molecule has 1 rings (SSSR count). The van der Waals surface area contributed by atoms with Crippen LogP contribution < -0.4 is 16.0 Å². The van der Waals surface area contributed by atoms with E-state index in [0.717, 1.165) is 0 Å². The van der Waals surface area contributed by atoms with Gasteiger partial charge in [0.15, 0.2) is 0 Å². The van der Waals surface area contributed by atoms with Crippen molar-refractivity contribution in [2.45, 2.75) is 0 Å². The van der Waals surface area contributed by atoms with Crippen molar-refractivity contribution in [2.75, 3.05) is 39.2 Å². The van der Waals surface area contributed by atoms with Crippen LogP contribution in [0.25, 0.3) is 0 Å². The van der Waals surface area contributed by atoms with Crippen LogP contribution in [0.3, 0.4) is 0 Å². The zero-order chi connectivity index (χ0) is 17.2. The number of carbonyl (C=O) groups is 3. The van der Waals surface area contributed by atoms with Crippen molar-refractivity contribution >= 4 is 35.2 Å². The van der Waals surface area contributed by atoms with Gasteiger partial charge in [-0.25, -0.2) is 9.59 Å². The van der Waals surface area contributed by atoms with Crippen LogP contribution in [0, 0.1) is 0 Å². The standard InChI is InChI=1S/C14H18ClN3O5/c1-22-6-5-16-14(21)18-12(19)8-17-11-4-3-9(15)7-10(11)13(20)23-2/h3-4,7,17H,5-6,8H2,1-2H3,(H2,16,18,19,21). The topological polar surface area (TPSA) is 106 Å². The molecule has 0 atom stereocenters. The Balaban J connectivity index is 2.56. The van der Waals surface area contributed by atoms with Crippen LogP contribution >= 0.6 is 11.6 Å². The lowest BCUT2D eigenvalue weighted by atomic mass is 10.2. The molecule has 0 aliphatic rings. The van der Waals surface area contributed by atoms with Gasteiger partial charge in [-0.1, -0.05) is 11.6 Å². The first-order valence-corrected chi connectivity index (χ1v) is 7.04. The molecule has 1 aromatic carbocycles. The van der Waals surface area contributed by atoms with E-state index in [1.54, 1.807) is 12.1 Å². The molecule has 3 amide bonds. The number of rotatable bonds is 7. The van der Waals surface area contributed by atoms with E-state index < -0.39 is 17.9 Å². The summed E-state index contributed by atoms with van der Waals surface area (Å²) in [4.78, 5) is 34.7. The van der Waals surface area contributed by atoms with Gasteiger partial charge in [0.2, 0.25) is 5.91 Å². The van der Waals surface area contributed by atoms with Gasteiger partial charge in [0.1, 0.15) is 0 Å². The van der Waals surface area contributed by atoms with Gasteiger partial charge in [-0.2, -0.15) is 0 Å². The number of hydrogen-bond donors (Lipinski definition) is 3. The number of hydrogen-bond acceptors (Lipinski definition) is 6. The van der Waals surface area contributed by atoms with Gasteiger partial charge in [0.05, 0.1) is 25.8 Å². The summed E-state index contributed by atoms with van der Waals surface area (Å²) in [5, 5.41) is 7.69. The second-order valence-electron chi connectivity index (χ2n) is 4.33. The molecule has 0 aromatic heterocycles. The Hall–Kier alpha value is -2.32. The zero-order valence-electron chi connectivity index (χ0n) is 12.8. The average Bonchev–Trinajstić information content (AvgIpc) is 2.53. The summed E-state index contributed by atoms with van der Waals surface area (Å²) < 4.78 is 9.41. The summed E-state index contributed by atoms with van der Waals surface area (Å²) >= 11 is 5.83. The Morgan fingerprint density at radius 2 is 1.96 bits per heavy atom. The fourth-order valence-electron chi connectivity index (χ4n) is 1.61. The van der Waals surface area contributed by atoms with Crippen molar-refractivity contribution in [1.82, 2.24) is 10.6 Å². The summed E-state index contributed by atoms with van der Waals surface area (Å²) in [7, 11) is 2.74. The first-order valence-electron chi connectivity index (χ1n) is 6.66. The third kappa shape index (κ3) is 6.54. The number of ether oxygens (including phenoxy) is 2. The summed E-state index contributed by atoms with van der Waals surface area (Å²) in [6, 6.07) is 3.90. The highest BCUT2D eigenvalue weighted by Gasteiger charge is 2.14. The maximum Gasteiger partial charge on any atom is 0.340 e. The first-order chi connectivity index (χ1) is 11.0. The highest BCUT2D eigenvalue weighted by Crippen LogP contribution is 2.21. The van der Waals surface area contributed by atoms with Crippen molar-refractivity contribution in [1.29, 1.82) is 0 Å². The van der Waals surface area contributed by atoms with Crippen molar-refractivity contribution in [3.63, 3.8) is 0 Å². The largest absolute Gasteiger partial charge is 0.465 e. The van der Waals surface area contributed by atoms with Crippen molar-refractivity contribution < 1.29 is 23.9 Å². The molecule has 0 radical (unpaired) electrons. The number of carbonyl (C=O) groups excluding carboxylic acids is 3. The van der Waals surface area contributed by atoms with Crippen LogP contribution in [0.15, 0.2) is 18.2 Å². The number of imide groups is 1. The number of anilines is 1. The highest BCUT2D eigenvalue weighted by molar-refractivity contribution is 6.31. The van der Waals surface area contributed by atoms with Crippen LogP contribution in [-0.2, 0) is 14.3 Å². The summed E-state index contributed by atoms with van der Waals surface area (Å²) in [5.74, 6) is -1.15. The third-order valence-electron chi connectivity index (χ3n) is 2.67. The number of urea groups is 1. The van der Waals surface area contributed by atoms with Gasteiger partial charge in [0, 0.05) is 24.4 Å². The van der Waals surface area contributed by atoms with E-state index in [9.17, 15) is 14.4 Å². The molecule has 8 nitrogen and oxygen atoms in total. The normalized spacial score (nSPS) is 9.87. The molecule has 0 aliphatic heterocycles. The lowest BCUT2D eigenvalue weighted by Crippen LogP contribution is -2.43. The molecule has 1 aromatic rings. The van der Waals surface area contributed by atoms with Crippen LogP contribution in [0.4, 0.5) is 10.5 Å². The minimum absolute atomic E-state index is 0.192. The summed E-state index contributed by atoms with van der Waals surface area (Å²) in [6.07, 6.45) is 0. The molecule has 9 heteroatoms. The number of methoxy groups -OCH3 is 2. The van der Waals surface area contributed by atoms with Crippen LogP contribution in [0.1, 0.15) is 10.4 Å². The van der Waals surface area contributed by atoms with Crippen molar-refractivity contribution in [3.05, 3.63) is 28.8 Å². The van der Waals surface area contributed by atoms with Gasteiger partial charge in [-0.05, 0) is 18.2 Å². The molecule has 0 heterocycles. The molecule has 0 saturated carbocycles.